The average molecular weight is 277 g/mol. The number of nitrogens with zero attached hydrogens (tertiary/aromatic N) is 2. The summed E-state index contributed by atoms with van der Waals surface area (Å²) >= 11 is 0. The summed E-state index contributed by atoms with van der Waals surface area (Å²) in [5.41, 5.74) is 6.58. The van der Waals surface area contributed by atoms with E-state index in [2.05, 4.69) is 23.7 Å². The monoisotopic (exact) mass is 277 g/mol. The van der Waals surface area contributed by atoms with Crippen LogP contribution in [-0.4, -0.2) is 24.2 Å². The number of ether oxygens (including phenoxy) is 1. The summed E-state index contributed by atoms with van der Waals surface area (Å²) in [7, 11) is 0. The van der Waals surface area contributed by atoms with Crippen LogP contribution in [0.3, 0.4) is 0 Å². The van der Waals surface area contributed by atoms with Gasteiger partial charge < -0.3 is 15.4 Å². The molecular formula is C16H27N3O. The molecule has 1 aliphatic rings. The van der Waals surface area contributed by atoms with E-state index in [0.29, 0.717) is 24.2 Å². The largest absolute Gasteiger partial charge is 0.476 e. The van der Waals surface area contributed by atoms with Crippen molar-refractivity contribution in [2.75, 3.05) is 23.8 Å². The van der Waals surface area contributed by atoms with Crippen LogP contribution in [0.1, 0.15) is 52.4 Å². The van der Waals surface area contributed by atoms with Crippen molar-refractivity contribution < 1.29 is 4.74 Å². The van der Waals surface area contributed by atoms with Gasteiger partial charge in [0.05, 0.1) is 12.3 Å². The Hall–Kier alpha value is -1.45. The molecule has 4 heteroatoms. The molecule has 2 rings (SSSR count). The minimum atomic E-state index is 0.587. The number of hydrogen-bond donors (Lipinski definition) is 1. The van der Waals surface area contributed by atoms with Crippen LogP contribution in [0.4, 0.5) is 11.5 Å². The van der Waals surface area contributed by atoms with E-state index in [4.69, 9.17) is 10.5 Å². The van der Waals surface area contributed by atoms with Gasteiger partial charge in [-0.3, -0.25) is 0 Å². The second-order valence-electron chi connectivity index (χ2n) is 5.52. The first-order chi connectivity index (χ1) is 9.76. The van der Waals surface area contributed by atoms with Crippen molar-refractivity contribution >= 4 is 11.5 Å². The Morgan fingerprint density at radius 1 is 1.30 bits per heavy atom. The third kappa shape index (κ3) is 3.56. The summed E-state index contributed by atoms with van der Waals surface area (Å²) in [6.07, 6.45) is 7.27. The third-order valence-corrected chi connectivity index (χ3v) is 3.96. The zero-order chi connectivity index (χ0) is 14.4. The van der Waals surface area contributed by atoms with E-state index in [1.807, 2.05) is 12.1 Å². The first kappa shape index (κ1) is 14.9. The number of nitrogen functional groups attached to an aromatic ring is 1. The molecule has 1 aromatic heterocycles. The van der Waals surface area contributed by atoms with E-state index in [1.54, 1.807) is 0 Å². The van der Waals surface area contributed by atoms with E-state index in [1.165, 1.54) is 25.7 Å². The summed E-state index contributed by atoms with van der Waals surface area (Å²) in [5, 5.41) is 0. The number of aromatic nitrogens is 1. The van der Waals surface area contributed by atoms with Gasteiger partial charge in [0.2, 0.25) is 5.88 Å². The van der Waals surface area contributed by atoms with Crippen LogP contribution < -0.4 is 15.4 Å². The molecular weight excluding hydrogens is 250 g/mol. The van der Waals surface area contributed by atoms with Gasteiger partial charge in [-0.2, -0.15) is 4.98 Å². The van der Waals surface area contributed by atoms with Crippen molar-refractivity contribution in [3.8, 4) is 5.88 Å². The second-order valence-corrected chi connectivity index (χ2v) is 5.52. The van der Waals surface area contributed by atoms with Gasteiger partial charge in [0.1, 0.15) is 5.82 Å². The Morgan fingerprint density at radius 2 is 2.15 bits per heavy atom. The molecule has 112 valence electrons. The summed E-state index contributed by atoms with van der Waals surface area (Å²) in [6, 6.07) is 4.54. The Kier molecular flexibility index (Phi) is 5.50. The molecule has 0 aliphatic carbocycles. The Bertz CT molecular complexity index is 422. The molecule has 0 aromatic carbocycles. The van der Waals surface area contributed by atoms with E-state index in [9.17, 15) is 0 Å². The van der Waals surface area contributed by atoms with Crippen molar-refractivity contribution in [3.63, 3.8) is 0 Å². The summed E-state index contributed by atoms with van der Waals surface area (Å²) in [5.74, 6) is 1.60. The molecule has 0 amide bonds. The number of nitrogens with two attached hydrogens (primary N) is 1. The standard InChI is InChI=1S/C16H27N3O/c1-3-12-20-16-14(17)9-10-15(18-16)19-11-7-5-6-8-13(19)4-2/h9-10,13H,3-8,11-12,17H2,1-2H3. The van der Waals surface area contributed by atoms with Crippen molar-refractivity contribution in [2.45, 2.75) is 58.4 Å². The summed E-state index contributed by atoms with van der Waals surface area (Å²) < 4.78 is 5.65. The lowest BCUT2D eigenvalue weighted by molar-refractivity contribution is 0.307. The molecule has 0 bridgehead atoms. The first-order valence-electron chi connectivity index (χ1n) is 7.92. The fraction of sp³-hybridized carbons (Fsp3) is 0.688. The Labute approximate surface area is 122 Å². The van der Waals surface area contributed by atoms with Gasteiger partial charge in [0.25, 0.3) is 0 Å². The topological polar surface area (TPSA) is 51.4 Å². The van der Waals surface area contributed by atoms with Gasteiger partial charge in [-0.05, 0) is 37.8 Å². The zero-order valence-corrected chi connectivity index (χ0v) is 12.8. The van der Waals surface area contributed by atoms with Crippen LogP contribution in [0, 0.1) is 0 Å². The fourth-order valence-corrected chi connectivity index (χ4v) is 2.82. The highest BCUT2D eigenvalue weighted by atomic mass is 16.5. The molecule has 0 spiro atoms. The van der Waals surface area contributed by atoms with Crippen LogP contribution in [0.2, 0.25) is 0 Å². The van der Waals surface area contributed by atoms with Gasteiger partial charge in [-0.1, -0.05) is 26.7 Å². The van der Waals surface area contributed by atoms with Gasteiger partial charge in [0.15, 0.2) is 0 Å². The zero-order valence-electron chi connectivity index (χ0n) is 12.8. The van der Waals surface area contributed by atoms with Crippen molar-refractivity contribution in [1.29, 1.82) is 0 Å². The Balaban J connectivity index is 2.20. The van der Waals surface area contributed by atoms with Crippen LogP contribution in [0.5, 0.6) is 5.88 Å². The maximum atomic E-state index is 5.95. The lowest BCUT2D eigenvalue weighted by Gasteiger charge is -2.30. The molecule has 1 fully saturated rings. The lowest BCUT2D eigenvalue weighted by Crippen LogP contribution is -2.35. The molecule has 1 saturated heterocycles. The van der Waals surface area contributed by atoms with Gasteiger partial charge in [0, 0.05) is 12.6 Å². The van der Waals surface area contributed by atoms with Crippen molar-refractivity contribution in [3.05, 3.63) is 12.1 Å². The highest BCUT2D eigenvalue weighted by Gasteiger charge is 2.21. The average Bonchev–Trinajstić information content (AvgIpc) is 2.71. The lowest BCUT2D eigenvalue weighted by atomic mass is 10.1. The minimum absolute atomic E-state index is 0.587. The quantitative estimate of drug-likeness (QED) is 0.893. The summed E-state index contributed by atoms with van der Waals surface area (Å²) in [4.78, 5) is 7.09. The number of rotatable bonds is 5. The molecule has 1 aliphatic heterocycles. The first-order valence-corrected chi connectivity index (χ1v) is 7.92. The smallest absolute Gasteiger partial charge is 0.239 e. The van der Waals surface area contributed by atoms with Gasteiger partial charge >= 0.3 is 0 Å². The second kappa shape index (κ2) is 7.36. The molecule has 0 saturated carbocycles. The predicted octanol–water partition coefficient (Wildman–Crippen LogP) is 3.61. The molecule has 20 heavy (non-hydrogen) atoms. The maximum absolute atomic E-state index is 5.95. The van der Waals surface area contributed by atoms with Crippen molar-refractivity contribution in [1.82, 2.24) is 4.98 Å². The summed E-state index contributed by atoms with van der Waals surface area (Å²) in [6.45, 7) is 6.09. The Morgan fingerprint density at radius 3 is 2.90 bits per heavy atom. The van der Waals surface area contributed by atoms with Crippen LogP contribution >= 0.6 is 0 Å². The van der Waals surface area contributed by atoms with Gasteiger partial charge in [-0.15, -0.1) is 0 Å². The van der Waals surface area contributed by atoms with Crippen molar-refractivity contribution in [2.24, 2.45) is 0 Å². The highest BCUT2D eigenvalue weighted by Crippen LogP contribution is 2.28. The normalized spacial score (nSPS) is 19.7. The maximum Gasteiger partial charge on any atom is 0.239 e. The number of pyridine rings is 1. The fourth-order valence-electron chi connectivity index (χ4n) is 2.82. The van der Waals surface area contributed by atoms with E-state index >= 15 is 0 Å². The molecule has 2 N–H and O–H groups in total. The number of hydrogen-bond acceptors (Lipinski definition) is 4. The van der Waals surface area contributed by atoms with Crippen LogP contribution in [0.25, 0.3) is 0 Å². The van der Waals surface area contributed by atoms with E-state index < -0.39 is 0 Å². The molecule has 1 unspecified atom stereocenters. The predicted molar refractivity (Wildman–Crippen MR) is 84.3 cm³/mol. The highest BCUT2D eigenvalue weighted by molar-refractivity contribution is 5.55. The van der Waals surface area contributed by atoms with E-state index in [-0.39, 0.29) is 0 Å². The number of anilines is 2. The molecule has 1 aromatic rings. The molecule has 0 radical (unpaired) electrons. The van der Waals surface area contributed by atoms with E-state index in [0.717, 1.165) is 25.2 Å². The molecule has 2 heterocycles. The van der Waals surface area contributed by atoms with Crippen LogP contribution in [-0.2, 0) is 0 Å². The van der Waals surface area contributed by atoms with Gasteiger partial charge in [-0.25, -0.2) is 0 Å². The molecule has 4 nitrogen and oxygen atoms in total. The SMILES string of the molecule is CCCOc1nc(N2CCCCCC2CC)ccc1N. The van der Waals surface area contributed by atoms with Crippen LogP contribution in [0.15, 0.2) is 12.1 Å². The minimum Gasteiger partial charge on any atom is -0.476 e. The third-order valence-electron chi connectivity index (χ3n) is 3.96. The molecule has 1 atom stereocenters.